The topological polar surface area (TPSA) is 119 Å². The number of hydrogen-bond acceptors (Lipinski definition) is 5. The number of likely N-dealkylation sites (tertiary alicyclic amines) is 1. The van der Waals surface area contributed by atoms with E-state index in [1.807, 2.05) is 20.8 Å². The van der Waals surface area contributed by atoms with Crippen LogP contribution in [0.1, 0.15) is 69.8 Å². The van der Waals surface area contributed by atoms with E-state index in [4.69, 9.17) is 4.74 Å². The summed E-state index contributed by atoms with van der Waals surface area (Å²) in [5.74, 6) is -0.0207. The quantitative estimate of drug-likeness (QED) is 0.553. The second-order valence-corrected chi connectivity index (χ2v) is 10.4. The molecule has 2 heterocycles. The monoisotopic (exact) mass is 502 g/mol. The summed E-state index contributed by atoms with van der Waals surface area (Å²) in [6.07, 6.45) is 0.983. The molecule has 1 aromatic carbocycles. The van der Waals surface area contributed by atoms with Crippen molar-refractivity contribution in [2.45, 2.75) is 78.5 Å². The highest BCUT2D eigenvalue weighted by Crippen LogP contribution is 2.40. The Labute approximate surface area is 212 Å². The number of carboxylic acid groups (broad SMARTS) is 1. The van der Waals surface area contributed by atoms with Crippen molar-refractivity contribution in [3.8, 4) is 5.75 Å². The Balaban J connectivity index is 1.95. The second-order valence-electron chi connectivity index (χ2n) is 10.4. The van der Waals surface area contributed by atoms with Gasteiger partial charge in [0.1, 0.15) is 5.75 Å². The molecule has 0 radical (unpaired) electrons. The molecule has 1 atom stereocenters. The summed E-state index contributed by atoms with van der Waals surface area (Å²) < 4.78 is 6.03. The minimum absolute atomic E-state index is 0.134. The molecule has 0 bridgehead atoms. The molecule has 2 aliphatic heterocycles. The van der Waals surface area contributed by atoms with Crippen molar-refractivity contribution < 1.29 is 29.0 Å². The predicted octanol–water partition coefficient (Wildman–Crippen LogP) is 3.02. The molecule has 0 aliphatic carbocycles. The number of benzene rings is 1. The van der Waals surface area contributed by atoms with Crippen LogP contribution in [-0.4, -0.2) is 82.6 Å². The molecule has 0 unspecified atom stereocenters. The summed E-state index contributed by atoms with van der Waals surface area (Å²) in [5, 5.41) is 12.2. The lowest BCUT2D eigenvalue weighted by atomic mass is 9.97. The summed E-state index contributed by atoms with van der Waals surface area (Å²) in [4.78, 5) is 54.7. The lowest BCUT2D eigenvalue weighted by Crippen LogP contribution is -2.54. The molecule has 0 aromatic heterocycles. The average molecular weight is 503 g/mol. The number of piperidine rings is 1. The van der Waals surface area contributed by atoms with Crippen molar-refractivity contribution in [2.24, 2.45) is 0 Å². The van der Waals surface area contributed by atoms with Gasteiger partial charge in [0.2, 0.25) is 5.91 Å². The van der Waals surface area contributed by atoms with E-state index in [1.165, 1.54) is 11.8 Å². The molecule has 0 saturated carbocycles. The van der Waals surface area contributed by atoms with Crippen molar-refractivity contribution in [1.29, 1.82) is 0 Å². The first-order valence-corrected chi connectivity index (χ1v) is 12.5. The van der Waals surface area contributed by atoms with Gasteiger partial charge in [-0.15, -0.1) is 0 Å². The van der Waals surface area contributed by atoms with Crippen molar-refractivity contribution in [3.63, 3.8) is 0 Å². The molecular weight excluding hydrogens is 464 g/mol. The van der Waals surface area contributed by atoms with Gasteiger partial charge in [-0.2, -0.15) is 0 Å². The number of hydrogen-bond donors (Lipinski definition) is 2. The maximum atomic E-state index is 13.9. The van der Waals surface area contributed by atoms with Crippen LogP contribution in [-0.2, 0) is 9.59 Å². The zero-order chi connectivity index (χ0) is 26.8. The molecule has 1 aromatic rings. The minimum atomic E-state index is -1.06. The Morgan fingerprint density at radius 2 is 1.97 bits per heavy atom. The van der Waals surface area contributed by atoms with Gasteiger partial charge in [-0.1, -0.05) is 0 Å². The molecule has 10 heteroatoms. The third-order valence-electron chi connectivity index (χ3n) is 6.74. The van der Waals surface area contributed by atoms with Crippen LogP contribution in [0.3, 0.4) is 0 Å². The number of amides is 4. The van der Waals surface area contributed by atoms with E-state index in [-0.39, 0.29) is 36.3 Å². The largest absolute Gasteiger partial charge is 0.476 e. The molecule has 2 N–H and O–H groups in total. The molecule has 1 fully saturated rings. The first-order valence-electron chi connectivity index (χ1n) is 12.5. The summed E-state index contributed by atoms with van der Waals surface area (Å²) in [6, 6.07) is 3.13. The molecule has 10 nitrogen and oxygen atoms in total. The van der Waals surface area contributed by atoms with Crippen molar-refractivity contribution in [1.82, 2.24) is 15.1 Å². The molecule has 1 saturated heterocycles. The van der Waals surface area contributed by atoms with Gasteiger partial charge < -0.3 is 29.9 Å². The van der Waals surface area contributed by atoms with Gasteiger partial charge >= 0.3 is 6.09 Å². The van der Waals surface area contributed by atoms with Crippen LogP contribution < -0.4 is 15.0 Å². The third-order valence-corrected chi connectivity index (χ3v) is 6.74. The number of nitrogens with one attached hydrogen (secondary N) is 1. The SMILES string of the molecule is CC(=O)NCCCN1C(=O)C(C)(C)Oc2cc(C)c(C(=O)N(C(C)C)[C@@H]3CCCN(C(=O)O)C3)cc21. The van der Waals surface area contributed by atoms with Crippen LogP contribution in [0.5, 0.6) is 5.75 Å². The normalized spacial score (nSPS) is 19.0. The third kappa shape index (κ3) is 5.74. The van der Waals surface area contributed by atoms with E-state index in [1.54, 1.807) is 35.8 Å². The number of aryl methyl sites for hydroxylation is 1. The minimum Gasteiger partial charge on any atom is -0.476 e. The summed E-state index contributed by atoms with van der Waals surface area (Å²) in [5.41, 5.74) is 0.637. The van der Waals surface area contributed by atoms with E-state index in [0.717, 1.165) is 12.0 Å². The van der Waals surface area contributed by atoms with E-state index < -0.39 is 11.7 Å². The fourth-order valence-electron chi connectivity index (χ4n) is 4.99. The number of nitrogens with zero attached hydrogens (tertiary/aromatic N) is 3. The van der Waals surface area contributed by atoms with Gasteiger partial charge in [0.05, 0.1) is 11.7 Å². The lowest BCUT2D eigenvalue weighted by molar-refractivity contribution is -0.132. The molecule has 0 spiro atoms. The first kappa shape index (κ1) is 27.3. The molecule has 3 rings (SSSR count). The number of anilines is 1. The average Bonchev–Trinajstić information content (AvgIpc) is 2.78. The van der Waals surface area contributed by atoms with Crippen LogP contribution in [0, 0.1) is 6.92 Å². The van der Waals surface area contributed by atoms with Crippen LogP contribution in [0.25, 0.3) is 0 Å². The highest BCUT2D eigenvalue weighted by molar-refractivity contribution is 6.05. The Bertz CT molecular complexity index is 1040. The highest BCUT2D eigenvalue weighted by Gasteiger charge is 2.42. The standard InChI is InChI=1S/C26H38N4O6/c1-16(2)30(19-9-7-11-28(15-19)25(34)35)23(32)20-14-21-22(13-17(20)3)36-26(5,6)24(33)29(21)12-8-10-27-18(4)31/h13-14,16,19H,7-12,15H2,1-6H3,(H,27,31)(H,34,35)/t19-/m1/s1. The first-order chi connectivity index (χ1) is 16.8. The Hall–Kier alpha value is -3.30. The van der Waals surface area contributed by atoms with Crippen LogP contribution >= 0.6 is 0 Å². The fourth-order valence-corrected chi connectivity index (χ4v) is 4.99. The van der Waals surface area contributed by atoms with Gasteiger partial charge in [-0.05, 0) is 71.6 Å². The highest BCUT2D eigenvalue weighted by atomic mass is 16.5. The number of ether oxygens (including phenoxy) is 1. The Kier molecular flexibility index (Phi) is 8.15. The van der Waals surface area contributed by atoms with E-state index in [0.29, 0.717) is 49.5 Å². The number of carbonyl (C=O) groups is 4. The van der Waals surface area contributed by atoms with E-state index >= 15 is 0 Å². The molecule has 2 aliphatic rings. The molecule has 4 amide bonds. The fraction of sp³-hybridized carbons (Fsp3) is 0.615. The van der Waals surface area contributed by atoms with Crippen LogP contribution in [0.2, 0.25) is 0 Å². The number of rotatable bonds is 7. The van der Waals surface area contributed by atoms with E-state index in [9.17, 15) is 24.3 Å². The predicted molar refractivity (Wildman–Crippen MR) is 135 cm³/mol. The van der Waals surface area contributed by atoms with Gasteiger partial charge in [0.15, 0.2) is 5.60 Å². The van der Waals surface area contributed by atoms with Crippen molar-refractivity contribution >= 4 is 29.5 Å². The lowest BCUT2D eigenvalue weighted by Gasteiger charge is -2.41. The Morgan fingerprint density at radius 3 is 2.58 bits per heavy atom. The maximum absolute atomic E-state index is 13.9. The second kappa shape index (κ2) is 10.8. The van der Waals surface area contributed by atoms with E-state index in [2.05, 4.69) is 5.32 Å². The van der Waals surface area contributed by atoms with Crippen LogP contribution in [0.15, 0.2) is 12.1 Å². The van der Waals surface area contributed by atoms with Crippen LogP contribution in [0.4, 0.5) is 10.5 Å². The summed E-state index contributed by atoms with van der Waals surface area (Å²) in [7, 11) is 0. The zero-order valence-corrected chi connectivity index (χ0v) is 22.1. The number of carbonyl (C=O) groups excluding carboxylic acids is 3. The number of fused-ring (bicyclic) bond motifs is 1. The van der Waals surface area contributed by atoms with Gasteiger partial charge in [-0.3, -0.25) is 14.4 Å². The van der Waals surface area contributed by atoms with Gasteiger partial charge in [0.25, 0.3) is 11.8 Å². The summed E-state index contributed by atoms with van der Waals surface area (Å²) >= 11 is 0. The molecule has 198 valence electrons. The summed E-state index contributed by atoms with van der Waals surface area (Å²) in [6.45, 7) is 12.1. The van der Waals surface area contributed by atoms with Gasteiger partial charge in [0, 0.05) is 44.7 Å². The zero-order valence-electron chi connectivity index (χ0n) is 22.1. The van der Waals surface area contributed by atoms with Gasteiger partial charge in [-0.25, -0.2) is 4.79 Å². The molecule has 36 heavy (non-hydrogen) atoms. The maximum Gasteiger partial charge on any atom is 0.407 e. The smallest absolute Gasteiger partial charge is 0.407 e. The van der Waals surface area contributed by atoms with Crippen molar-refractivity contribution in [3.05, 3.63) is 23.3 Å². The molecular formula is C26H38N4O6. The Morgan fingerprint density at radius 1 is 1.28 bits per heavy atom. The van der Waals surface area contributed by atoms with Crippen molar-refractivity contribution in [2.75, 3.05) is 31.1 Å².